The number of rotatable bonds is 3. The zero-order valence-electron chi connectivity index (χ0n) is 10.3. The smallest absolute Gasteiger partial charge is 0.252 e. The Bertz CT molecular complexity index is 518. The van der Waals surface area contributed by atoms with Gasteiger partial charge >= 0.3 is 0 Å². The van der Waals surface area contributed by atoms with Gasteiger partial charge in [0.1, 0.15) is 11.4 Å². The van der Waals surface area contributed by atoms with E-state index in [-0.39, 0.29) is 12.3 Å². The van der Waals surface area contributed by atoms with Crippen molar-refractivity contribution in [3.63, 3.8) is 0 Å². The fourth-order valence-electron chi connectivity index (χ4n) is 1.89. The number of likely N-dealkylation sites (tertiary alicyclic amines) is 1. The number of likely N-dealkylation sites (N-methyl/N-ethyl adjacent to an activating group) is 1. The average Bonchev–Trinajstić information content (AvgIpc) is 2.66. The monoisotopic (exact) mass is 280 g/mol. The molecule has 1 aromatic rings. The van der Waals surface area contributed by atoms with E-state index in [4.69, 9.17) is 11.6 Å². The SMILES string of the molecule is CN1C(=O)CC(NC(=O)C(Cl)c2ccccc2)C1=O. The van der Waals surface area contributed by atoms with Crippen LogP contribution in [0.1, 0.15) is 17.4 Å². The lowest BCUT2D eigenvalue weighted by atomic mass is 10.1. The molecule has 0 aliphatic carbocycles. The Morgan fingerprint density at radius 2 is 2.00 bits per heavy atom. The first-order chi connectivity index (χ1) is 9.00. The van der Waals surface area contributed by atoms with E-state index in [1.165, 1.54) is 7.05 Å². The van der Waals surface area contributed by atoms with E-state index in [9.17, 15) is 14.4 Å². The van der Waals surface area contributed by atoms with Crippen molar-refractivity contribution in [2.24, 2.45) is 0 Å². The number of nitrogens with one attached hydrogen (secondary N) is 1. The first kappa shape index (κ1) is 13.5. The van der Waals surface area contributed by atoms with Gasteiger partial charge in [0.25, 0.3) is 5.91 Å². The topological polar surface area (TPSA) is 66.5 Å². The van der Waals surface area contributed by atoms with Crippen LogP contribution in [0, 0.1) is 0 Å². The average molecular weight is 281 g/mol. The molecular weight excluding hydrogens is 268 g/mol. The van der Waals surface area contributed by atoms with Crippen LogP contribution in [0.5, 0.6) is 0 Å². The third-order valence-corrected chi connectivity index (χ3v) is 3.47. The van der Waals surface area contributed by atoms with Crippen LogP contribution in [-0.4, -0.2) is 35.7 Å². The Morgan fingerprint density at radius 1 is 1.37 bits per heavy atom. The van der Waals surface area contributed by atoms with Gasteiger partial charge in [0.15, 0.2) is 0 Å². The Morgan fingerprint density at radius 3 is 2.53 bits per heavy atom. The zero-order chi connectivity index (χ0) is 14.0. The van der Waals surface area contributed by atoms with Crippen molar-refractivity contribution in [2.45, 2.75) is 17.8 Å². The molecule has 2 atom stereocenters. The molecule has 1 aliphatic rings. The summed E-state index contributed by atoms with van der Waals surface area (Å²) in [6.45, 7) is 0. The highest BCUT2D eigenvalue weighted by Crippen LogP contribution is 2.21. The number of carbonyl (C=O) groups is 3. The van der Waals surface area contributed by atoms with Gasteiger partial charge in [0.05, 0.1) is 6.42 Å². The van der Waals surface area contributed by atoms with Crippen molar-refractivity contribution in [3.05, 3.63) is 35.9 Å². The second-order valence-corrected chi connectivity index (χ2v) is 4.77. The molecule has 0 bridgehead atoms. The van der Waals surface area contributed by atoms with Gasteiger partial charge in [-0.1, -0.05) is 30.3 Å². The molecular formula is C13H13ClN2O3. The highest BCUT2D eigenvalue weighted by Gasteiger charge is 2.37. The first-order valence-corrected chi connectivity index (χ1v) is 6.24. The summed E-state index contributed by atoms with van der Waals surface area (Å²) in [4.78, 5) is 35.9. The van der Waals surface area contributed by atoms with Gasteiger partial charge in [-0.15, -0.1) is 11.6 Å². The molecule has 1 aromatic carbocycles. The summed E-state index contributed by atoms with van der Waals surface area (Å²) in [6, 6.07) is 8.01. The molecule has 3 amide bonds. The van der Waals surface area contributed by atoms with Crippen LogP contribution in [0.25, 0.3) is 0 Å². The number of benzene rings is 1. The van der Waals surface area contributed by atoms with Crippen LogP contribution in [0.4, 0.5) is 0 Å². The summed E-state index contributed by atoms with van der Waals surface area (Å²) in [5.41, 5.74) is 0.645. The predicted molar refractivity (Wildman–Crippen MR) is 69.4 cm³/mol. The lowest BCUT2D eigenvalue weighted by molar-refractivity contribution is -0.138. The maximum absolute atomic E-state index is 11.9. The molecule has 1 N–H and O–H groups in total. The largest absolute Gasteiger partial charge is 0.342 e. The van der Waals surface area contributed by atoms with Crippen LogP contribution in [-0.2, 0) is 14.4 Å². The number of nitrogens with zero attached hydrogens (tertiary/aromatic N) is 1. The van der Waals surface area contributed by atoms with Crippen molar-refractivity contribution in [3.8, 4) is 0 Å². The van der Waals surface area contributed by atoms with E-state index >= 15 is 0 Å². The highest BCUT2D eigenvalue weighted by molar-refractivity contribution is 6.31. The summed E-state index contributed by atoms with van der Waals surface area (Å²) >= 11 is 6.03. The minimum absolute atomic E-state index is 0.0144. The Hall–Kier alpha value is -1.88. The van der Waals surface area contributed by atoms with Gasteiger partial charge in [-0.05, 0) is 5.56 Å². The lowest BCUT2D eigenvalue weighted by Crippen LogP contribution is -2.41. The van der Waals surface area contributed by atoms with Crippen molar-refractivity contribution in [2.75, 3.05) is 7.05 Å². The number of hydrogen-bond acceptors (Lipinski definition) is 3. The molecule has 2 rings (SSSR count). The molecule has 6 heteroatoms. The Labute approximate surface area is 115 Å². The number of imide groups is 1. The Kier molecular flexibility index (Phi) is 3.85. The quantitative estimate of drug-likeness (QED) is 0.659. The van der Waals surface area contributed by atoms with Gasteiger partial charge in [-0.3, -0.25) is 19.3 Å². The number of carbonyl (C=O) groups excluding carboxylic acids is 3. The minimum atomic E-state index is -0.880. The number of hydrogen-bond donors (Lipinski definition) is 1. The van der Waals surface area contributed by atoms with Gasteiger partial charge in [0, 0.05) is 7.05 Å². The van der Waals surface area contributed by atoms with Crippen molar-refractivity contribution >= 4 is 29.3 Å². The normalized spacial score (nSPS) is 20.5. The highest BCUT2D eigenvalue weighted by atomic mass is 35.5. The van der Waals surface area contributed by atoms with E-state index in [1.807, 2.05) is 6.07 Å². The first-order valence-electron chi connectivity index (χ1n) is 5.80. The summed E-state index contributed by atoms with van der Waals surface area (Å²) < 4.78 is 0. The van der Waals surface area contributed by atoms with E-state index < -0.39 is 23.2 Å². The number of halogens is 1. The maximum atomic E-state index is 11.9. The summed E-state index contributed by atoms with van der Waals surface area (Å²) in [5.74, 6) is -1.19. The van der Waals surface area contributed by atoms with Crippen LogP contribution >= 0.6 is 11.6 Å². The van der Waals surface area contributed by atoms with Gasteiger partial charge in [-0.25, -0.2) is 0 Å². The van der Waals surface area contributed by atoms with Gasteiger partial charge < -0.3 is 5.32 Å². The van der Waals surface area contributed by atoms with Crippen molar-refractivity contribution in [1.82, 2.24) is 10.2 Å². The summed E-state index contributed by atoms with van der Waals surface area (Å²) in [7, 11) is 1.40. The number of alkyl halides is 1. The van der Waals surface area contributed by atoms with Crippen LogP contribution < -0.4 is 5.32 Å². The Balaban J connectivity index is 2.02. The predicted octanol–water partition coefficient (Wildman–Crippen LogP) is 0.840. The van der Waals surface area contributed by atoms with E-state index in [0.29, 0.717) is 5.56 Å². The molecule has 1 saturated heterocycles. The molecule has 0 spiro atoms. The van der Waals surface area contributed by atoms with Crippen molar-refractivity contribution < 1.29 is 14.4 Å². The molecule has 100 valence electrons. The summed E-state index contributed by atoms with van der Waals surface area (Å²) in [5, 5.41) is 1.63. The molecule has 0 radical (unpaired) electrons. The van der Waals surface area contributed by atoms with E-state index in [2.05, 4.69) is 5.32 Å². The van der Waals surface area contributed by atoms with Crippen LogP contribution in [0.3, 0.4) is 0 Å². The van der Waals surface area contributed by atoms with Gasteiger partial charge in [-0.2, -0.15) is 0 Å². The second kappa shape index (κ2) is 5.40. The fourth-order valence-corrected chi connectivity index (χ4v) is 2.10. The van der Waals surface area contributed by atoms with Crippen molar-refractivity contribution in [1.29, 1.82) is 0 Å². The van der Waals surface area contributed by atoms with Crippen LogP contribution in [0.2, 0.25) is 0 Å². The van der Waals surface area contributed by atoms with E-state index in [1.54, 1.807) is 24.3 Å². The molecule has 1 heterocycles. The molecule has 0 aromatic heterocycles. The fraction of sp³-hybridized carbons (Fsp3) is 0.308. The molecule has 1 aliphatic heterocycles. The molecule has 19 heavy (non-hydrogen) atoms. The third kappa shape index (κ3) is 2.76. The van der Waals surface area contributed by atoms with Crippen LogP contribution in [0.15, 0.2) is 30.3 Å². The van der Waals surface area contributed by atoms with Gasteiger partial charge in [0.2, 0.25) is 11.8 Å². The maximum Gasteiger partial charge on any atom is 0.252 e. The molecule has 2 unspecified atom stereocenters. The molecule has 1 fully saturated rings. The minimum Gasteiger partial charge on any atom is -0.342 e. The third-order valence-electron chi connectivity index (χ3n) is 3.02. The van der Waals surface area contributed by atoms with E-state index in [0.717, 1.165) is 4.90 Å². The standard InChI is InChI=1S/C13H13ClN2O3/c1-16-10(17)7-9(13(16)19)15-12(18)11(14)8-5-3-2-4-6-8/h2-6,9,11H,7H2,1H3,(H,15,18). The molecule has 0 saturated carbocycles. The molecule has 5 nitrogen and oxygen atoms in total. The summed E-state index contributed by atoms with van der Waals surface area (Å²) in [6.07, 6.45) is -0.0144. The second-order valence-electron chi connectivity index (χ2n) is 4.33. The number of amides is 3. The lowest BCUT2D eigenvalue weighted by Gasteiger charge is -2.14. The zero-order valence-corrected chi connectivity index (χ0v) is 11.1.